The zero-order chi connectivity index (χ0) is 21.5. The number of halogens is 3. The van der Waals surface area contributed by atoms with Crippen LogP contribution < -0.4 is 5.56 Å². The number of rotatable bonds is 5. The van der Waals surface area contributed by atoms with Crippen molar-refractivity contribution >= 4 is 28.4 Å². The largest absolute Gasteiger partial charge is 0.389 e. The molecule has 0 bridgehead atoms. The van der Waals surface area contributed by atoms with Gasteiger partial charge in [-0.3, -0.25) is 9.20 Å². The fourth-order valence-corrected chi connectivity index (χ4v) is 4.35. The number of nitrogens with zero attached hydrogens (tertiary/aromatic N) is 4. The highest BCUT2D eigenvalue weighted by Crippen LogP contribution is 2.29. The zero-order valence-corrected chi connectivity index (χ0v) is 17.2. The maximum atomic E-state index is 13.4. The molecule has 0 aliphatic heterocycles. The van der Waals surface area contributed by atoms with Gasteiger partial charge in [0, 0.05) is 5.75 Å². The van der Waals surface area contributed by atoms with E-state index in [4.69, 9.17) is 0 Å². The second kappa shape index (κ2) is 7.79. The molecule has 156 valence electrons. The van der Waals surface area contributed by atoms with Crippen molar-refractivity contribution < 1.29 is 13.2 Å². The Hall–Kier alpha value is -2.81. The highest BCUT2D eigenvalue weighted by molar-refractivity contribution is 7.99. The average molecular weight is 432 g/mol. The van der Waals surface area contributed by atoms with Crippen LogP contribution in [0.3, 0.4) is 0 Å². The highest BCUT2D eigenvalue weighted by Gasteiger charge is 2.27. The van der Waals surface area contributed by atoms with Crippen LogP contribution in [0, 0.1) is 0 Å². The molecule has 0 N–H and O–H groups in total. The summed E-state index contributed by atoms with van der Waals surface area (Å²) in [6.45, 7) is 4.06. The van der Waals surface area contributed by atoms with Gasteiger partial charge < -0.3 is 0 Å². The third-order valence-electron chi connectivity index (χ3n) is 4.81. The van der Waals surface area contributed by atoms with Crippen molar-refractivity contribution in [3.63, 3.8) is 0 Å². The number of aromatic nitrogens is 4. The Morgan fingerprint density at radius 3 is 2.47 bits per heavy atom. The SMILES string of the molecule is CC(C)c1ccccc1-n1c(=O)c2ccccc2n2c(SCCC(F)(F)F)nnc12. The van der Waals surface area contributed by atoms with Gasteiger partial charge in [-0.25, -0.2) is 4.57 Å². The van der Waals surface area contributed by atoms with Crippen molar-refractivity contribution in [3.05, 3.63) is 64.4 Å². The minimum Gasteiger partial charge on any atom is -0.268 e. The summed E-state index contributed by atoms with van der Waals surface area (Å²) < 4.78 is 41.0. The molecular weight excluding hydrogens is 413 g/mol. The maximum absolute atomic E-state index is 13.4. The molecule has 0 spiro atoms. The van der Waals surface area contributed by atoms with Crippen molar-refractivity contribution in [3.8, 4) is 5.69 Å². The molecule has 0 aliphatic carbocycles. The molecule has 2 heterocycles. The second-order valence-electron chi connectivity index (χ2n) is 7.20. The summed E-state index contributed by atoms with van der Waals surface area (Å²) in [5.41, 5.74) is 1.97. The number of alkyl halides is 3. The first kappa shape index (κ1) is 20.5. The average Bonchev–Trinajstić information content (AvgIpc) is 3.11. The molecule has 0 aliphatic rings. The minimum absolute atomic E-state index is 0.156. The van der Waals surface area contributed by atoms with E-state index in [-0.39, 0.29) is 23.0 Å². The second-order valence-corrected chi connectivity index (χ2v) is 8.26. The molecule has 0 unspecified atom stereocenters. The quantitative estimate of drug-likeness (QED) is 0.407. The molecule has 9 heteroatoms. The topological polar surface area (TPSA) is 52.2 Å². The monoisotopic (exact) mass is 432 g/mol. The van der Waals surface area contributed by atoms with E-state index in [1.807, 2.05) is 38.1 Å². The molecule has 2 aromatic carbocycles. The van der Waals surface area contributed by atoms with Gasteiger partial charge in [0.1, 0.15) is 0 Å². The molecule has 2 aromatic heterocycles. The van der Waals surface area contributed by atoms with Crippen LogP contribution in [-0.2, 0) is 0 Å². The van der Waals surface area contributed by atoms with Crippen LogP contribution in [0.2, 0.25) is 0 Å². The lowest BCUT2D eigenvalue weighted by Gasteiger charge is -2.16. The lowest BCUT2D eigenvalue weighted by Crippen LogP contribution is -2.23. The smallest absolute Gasteiger partial charge is 0.268 e. The van der Waals surface area contributed by atoms with Crippen molar-refractivity contribution in [2.24, 2.45) is 0 Å². The summed E-state index contributed by atoms with van der Waals surface area (Å²) in [4.78, 5) is 13.4. The van der Waals surface area contributed by atoms with Gasteiger partial charge in [-0.2, -0.15) is 13.2 Å². The molecule has 0 atom stereocenters. The van der Waals surface area contributed by atoms with Gasteiger partial charge in [0.15, 0.2) is 5.16 Å². The molecule has 4 aromatic rings. The standard InChI is InChI=1S/C21H19F3N4OS/c1-13(2)14-7-3-5-9-16(14)27-18(29)15-8-4-6-10-17(15)28-19(27)25-26-20(28)30-12-11-21(22,23)24/h3-10,13H,11-12H2,1-2H3. The molecule has 30 heavy (non-hydrogen) atoms. The Balaban J connectivity index is 1.98. The lowest BCUT2D eigenvalue weighted by molar-refractivity contribution is -0.129. The van der Waals surface area contributed by atoms with Gasteiger partial charge in [0.05, 0.1) is 23.0 Å². The van der Waals surface area contributed by atoms with E-state index in [1.54, 1.807) is 28.7 Å². The van der Waals surface area contributed by atoms with E-state index in [9.17, 15) is 18.0 Å². The van der Waals surface area contributed by atoms with Gasteiger partial charge in [-0.1, -0.05) is 55.9 Å². The van der Waals surface area contributed by atoms with Crippen LogP contribution in [-0.4, -0.2) is 31.1 Å². The maximum Gasteiger partial charge on any atom is 0.389 e. The van der Waals surface area contributed by atoms with Crippen LogP contribution in [0.25, 0.3) is 22.4 Å². The number of benzene rings is 2. The van der Waals surface area contributed by atoms with Crippen LogP contribution >= 0.6 is 11.8 Å². The third kappa shape index (κ3) is 3.69. The van der Waals surface area contributed by atoms with E-state index in [0.717, 1.165) is 17.3 Å². The van der Waals surface area contributed by atoms with Crippen molar-refractivity contribution in [1.82, 2.24) is 19.2 Å². The minimum atomic E-state index is -4.24. The number of para-hydroxylation sites is 2. The fourth-order valence-electron chi connectivity index (χ4n) is 3.43. The molecule has 0 saturated carbocycles. The number of hydrogen-bond donors (Lipinski definition) is 0. The van der Waals surface area contributed by atoms with E-state index in [1.165, 1.54) is 4.57 Å². The third-order valence-corrected chi connectivity index (χ3v) is 5.74. The van der Waals surface area contributed by atoms with Gasteiger partial charge in [0.25, 0.3) is 5.56 Å². The first-order chi connectivity index (χ1) is 14.3. The Labute approximate surface area is 174 Å². The van der Waals surface area contributed by atoms with Crippen LogP contribution in [0.4, 0.5) is 13.2 Å². The molecular formula is C21H19F3N4OS. The summed E-state index contributed by atoms with van der Waals surface area (Å²) in [5.74, 6) is 0.254. The molecule has 4 rings (SSSR count). The lowest BCUT2D eigenvalue weighted by atomic mass is 10.0. The predicted octanol–water partition coefficient (Wildman–Crippen LogP) is 5.20. The number of thioether (sulfide) groups is 1. The Morgan fingerprint density at radius 2 is 1.73 bits per heavy atom. The summed E-state index contributed by atoms with van der Waals surface area (Å²) in [5, 5.41) is 9.08. The summed E-state index contributed by atoms with van der Waals surface area (Å²) in [7, 11) is 0. The van der Waals surface area contributed by atoms with E-state index >= 15 is 0 Å². The zero-order valence-electron chi connectivity index (χ0n) is 16.3. The highest BCUT2D eigenvalue weighted by atomic mass is 32.2. The Morgan fingerprint density at radius 1 is 1.03 bits per heavy atom. The fraction of sp³-hybridized carbons (Fsp3) is 0.286. The van der Waals surface area contributed by atoms with Crippen molar-refractivity contribution in [2.45, 2.75) is 37.5 Å². The normalized spacial score (nSPS) is 12.3. The van der Waals surface area contributed by atoms with Crippen molar-refractivity contribution in [2.75, 3.05) is 5.75 Å². The molecule has 0 radical (unpaired) electrons. The number of fused-ring (bicyclic) bond motifs is 3. The van der Waals surface area contributed by atoms with Gasteiger partial charge in [0.2, 0.25) is 5.78 Å². The first-order valence-electron chi connectivity index (χ1n) is 9.45. The summed E-state index contributed by atoms with van der Waals surface area (Å²) in [6.07, 6.45) is -5.17. The Bertz CT molecular complexity index is 1280. The van der Waals surface area contributed by atoms with E-state index < -0.39 is 12.6 Å². The van der Waals surface area contributed by atoms with Gasteiger partial charge >= 0.3 is 6.18 Å². The van der Waals surface area contributed by atoms with Crippen LogP contribution in [0.5, 0.6) is 0 Å². The van der Waals surface area contributed by atoms with Gasteiger partial charge in [-0.15, -0.1) is 10.2 Å². The number of hydrogen-bond acceptors (Lipinski definition) is 4. The molecule has 0 fully saturated rings. The van der Waals surface area contributed by atoms with E-state index in [2.05, 4.69) is 10.2 Å². The van der Waals surface area contributed by atoms with Crippen molar-refractivity contribution in [1.29, 1.82) is 0 Å². The van der Waals surface area contributed by atoms with Crippen LogP contribution in [0.15, 0.2) is 58.5 Å². The molecule has 0 saturated heterocycles. The van der Waals surface area contributed by atoms with Crippen LogP contribution in [0.1, 0.15) is 31.7 Å². The molecule has 0 amide bonds. The van der Waals surface area contributed by atoms with E-state index in [0.29, 0.717) is 21.7 Å². The Kier molecular flexibility index (Phi) is 5.31. The summed E-state index contributed by atoms with van der Waals surface area (Å²) in [6, 6.07) is 14.5. The summed E-state index contributed by atoms with van der Waals surface area (Å²) >= 11 is 0.973. The predicted molar refractivity (Wildman–Crippen MR) is 112 cm³/mol. The first-order valence-corrected chi connectivity index (χ1v) is 10.4. The van der Waals surface area contributed by atoms with Gasteiger partial charge in [-0.05, 0) is 29.7 Å². The molecule has 5 nitrogen and oxygen atoms in total.